The SMILES string of the molecule is COc1ccc(-c2nnc(SCC(=O)NCC34CC5CC(CC(C5)C3)C4)n2N)cc1. The van der Waals surface area contributed by atoms with Crippen molar-refractivity contribution in [3.63, 3.8) is 0 Å². The van der Waals surface area contributed by atoms with Crippen molar-refractivity contribution < 1.29 is 9.53 Å². The van der Waals surface area contributed by atoms with E-state index in [1.165, 1.54) is 55.0 Å². The van der Waals surface area contributed by atoms with Crippen LogP contribution in [0.1, 0.15) is 38.5 Å². The van der Waals surface area contributed by atoms with Gasteiger partial charge in [0.25, 0.3) is 0 Å². The zero-order chi connectivity index (χ0) is 20.7. The van der Waals surface area contributed by atoms with Crippen molar-refractivity contribution in [2.75, 3.05) is 25.3 Å². The molecule has 4 aliphatic carbocycles. The standard InChI is InChI=1S/C22H29N5O2S/c1-29-18-4-2-17(3-5-18)20-25-26-21(27(20)23)30-12-19(28)24-13-22-9-14-6-15(10-22)8-16(7-14)11-22/h2-5,14-16H,6-13,23H2,1H3,(H,24,28). The second-order valence-corrected chi connectivity index (χ2v) is 10.3. The van der Waals surface area contributed by atoms with Gasteiger partial charge in [0.2, 0.25) is 11.1 Å². The van der Waals surface area contributed by atoms with E-state index in [-0.39, 0.29) is 5.91 Å². The van der Waals surface area contributed by atoms with Crippen molar-refractivity contribution >= 4 is 17.7 Å². The van der Waals surface area contributed by atoms with Gasteiger partial charge in [0.1, 0.15) is 5.75 Å². The molecular formula is C22H29N5O2S. The molecule has 0 aliphatic heterocycles. The van der Waals surface area contributed by atoms with Crippen LogP contribution in [0.15, 0.2) is 29.4 Å². The van der Waals surface area contributed by atoms with Gasteiger partial charge in [-0.25, -0.2) is 4.68 Å². The minimum Gasteiger partial charge on any atom is -0.497 e. The van der Waals surface area contributed by atoms with Crippen LogP contribution in [-0.4, -0.2) is 40.2 Å². The summed E-state index contributed by atoms with van der Waals surface area (Å²) >= 11 is 1.32. The van der Waals surface area contributed by atoms with Gasteiger partial charge in [0.05, 0.1) is 12.9 Å². The lowest BCUT2D eigenvalue weighted by Gasteiger charge is -2.56. The number of thioether (sulfide) groups is 1. The molecule has 1 aromatic carbocycles. The molecule has 4 saturated carbocycles. The van der Waals surface area contributed by atoms with Crippen molar-refractivity contribution in [3.05, 3.63) is 24.3 Å². The Hall–Kier alpha value is -2.22. The van der Waals surface area contributed by atoms with Gasteiger partial charge < -0.3 is 15.9 Å². The lowest BCUT2D eigenvalue weighted by atomic mass is 9.49. The van der Waals surface area contributed by atoms with Crippen LogP contribution in [0.4, 0.5) is 0 Å². The second-order valence-electron chi connectivity index (χ2n) is 9.39. The van der Waals surface area contributed by atoms with Gasteiger partial charge in [0, 0.05) is 12.1 Å². The first-order chi connectivity index (χ1) is 14.5. The highest BCUT2D eigenvalue weighted by molar-refractivity contribution is 7.99. The molecule has 6 rings (SSSR count). The van der Waals surface area contributed by atoms with Crippen LogP contribution in [-0.2, 0) is 4.79 Å². The van der Waals surface area contributed by atoms with Crippen LogP contribution < -0.4 is 15.9 Å². The summed E-state index contributed by atoms with van der Waals surface area (Å²) in [6.45, 7) is 0.822. The van der Waals surface area contributed by atoms with Crippen LogP contribution in [0, 0.1) is 23.2 Å². The van der Waals surface area contributed by atoms with E-state index in [0.717, 1.165) is 35.6 Å². The van der Waals surface area contributed by atoms with E-state index >= 15 is 0 Å². The molecule has 4 bridgehead atoms. The maximum Gasteiger partial charge on any atom is 0.230 e. The molecule has 0 radical (unpaired) electrons. The summed E-state index contributed by atoms with van der Waals surface area (Å²) in [5.74, 6) is 10.5. The zero-order valence-corrected chi connectivity index (χ0v) is 18.2. The number of nitrogens with zero attached hydrogens (tertiary/aromatic N) is 3. The molecule has 1 amide bonds. The van der Waals surface area contributed by atoms with E-state index in [4.69, 9.17) is 10.6 Å². The first-order valence-corrected chi connectivity index (χ1v) is 11.8. The Morgan fingerprint density at radius 3 is 2.40 bits per heavy atom. The lowest BCUT2D eigenvalue weighted by Crippen LogP contribution is -2.51. The van der Waals surface area contributed by atoms with Crippen molar-refractivity contribution in [1.29, 1.82) is 0 Å². The van der Waals surface area contributed by atoms with Gasteiger partial charge in [-0.2, -0.15) is 0 Å². The number of carbonyl (C=O) groups excluding carboxylic acids is 1. The number of nitrogen functional groups attached to an aromatic ring is 1. The Kier molecular flexibility index (Phi) is 5.13. The Labute approximate surface area is 181 Å². The molecule has 0 saturated heterocycles. The number of rotatable bonds is 7. The first kappa shape index (κ1) is 19.7. The molecule has 160 valence electrons. The number of ether oxygens (including phenoxy) is 1. The summed E-state index contributed by atoms with van der Waals surface area (Å²) in [4.78, 5) is 12.5. The molecule has 2 aromatic rings. The summed E-state index contributed by atoms with van der Waals surface area (Å²) in [7, 11) is 1.63. The van der Waals surface area contributed by atoms with E-state index in [1.54, 1.807) is 7.11 Å². The molecule has 8 heteroatoms. The maximum absolute atomic E-state index is 12.5. The predicted octanol–water partition coefficient (Wildman–Crippen LogP) is 3.09. The number of methoxy groups -OCH3 is 1. The third kappa shape index (κ3) is 3.77. The number of carbonyl (C=O) groups is 1. The Bertz CT molecular complexity index is 891. The van der Waals surface area contributed by atoms with Crippen LogP contribution in [0.5, 0.6) is 5.75 Å². The summed E-state index contributed by atoms with van der Waals surface area (Å²) < 4.78 is 6.63. The molecule has 1 aromatic heterocycles. The highest BCUT2D eigenvalue weighted by Crippen LogP contribution is 2.59. The number of hydrogen-bond acceptors (Lipinski definition) is 6. The fourth-order valence-electron chi connectivity index (χ4n) is 6.29. The summed E-state index contributed by atoms with van der Waals surface area (Å²) in [5.41, 5.74) is 1.20. The van der Waals surface area contributed by atoms with Gasteiger partial charge in [-0.05, 0) is 86.0 Å². The van der Waals surface area contributed by atoms with E-state index in [9.17, 15) is 4.79 Å². The number of hydrogen-bond donors (Lipinski definition) is 2. The van der Waals surface area contributed by atoms with Crippen LogP contribution in [0.25, 0.3) is 11.4 Å². The smallest absolute Gasteiger partial charge is 0.230 e. The van der Waals surface area contributed by atoms with Gasteiger partial charge in [-0.3, -0.25) is 4.79 Å². The number of benzene rings is 1. The monoisotopic (exact) mass is 427 g/mol. The average molecular weight is 428 g/mol. The fourth-order valence-corrected chi connectivity index (χ4v) is 6.97. The van der Waals surface area contributed by atoms with E-state index in [2.05, 4.69) is 15.5 Å². The molecule has 4 fully saturated rings. The van der Waals surface area contributed by atoms with Gasteiger partial charge >= 0.3 is 0 Å². The molecular weight excluding hydrogens is 398 g/mol. The Morgan fingerprint density at radius 1 is 1.17 bits per heavy atom. The minimum absolute atomic E-state index is 0.0461. The fraction of sp³-hybridized carbons (Fsp3) is 0.591. The Balaban J connectivity index is 1.16. The largest absolute Gasteiger partial charge is 0.497 e. The van der Waals surface area contributed by atoms with Crippen molar-refractivity contribution in [1.82, 2.24) is 20.2 Å². The number of nitrogens with one attached hydrogen (secondary N) is 1. The number of amides is 1. The molecule has 1 heterocycles. The zero-order valence-electron chi connectivity index (χ0n) is 17.3. The van der Waals surface area contributed by atoms with Crippen LogP contribution in [0.2, 0.25) is 0 Å². The first-order valence-electron chi connectivity index (χ1n) is 10.8. The predicted molar refractivity (Wildman–Crippen MR) is 116 cm³/mol. The third-order valence-corrected chi connectivity index (χ3v) is 8.11. The maximum atomic E-state index is 12.5. The molecule has 0 unspecified atom stereocenters. The van der Waals surface area contributed by atoms with Crippen LogP contribution in [0.3, 0.4) is 0 Å². The molecule has 0 spiro atoms. The lowest BCUT2D eigenvalue weighted by molar-refractivity contribution is -0.120. The molecule has 4 aliphatic rings. The molecule has 0 atom stereocenters. The van der Waals surface area contributed by atoms with Gasteiger partial charge in [-0.1, -0.05) is 11.8 Å². The summed E-state index contributed by atoms with van der Waals surface area (Å²) in [6, 6.07) is 7.49. The van der Waals surface area contributed by atoms with Crippen LogP contribution >= 0.6 is 11.8 Å². The third-order valence-electron chi connectivity index (χ3n) is 7.17. The van der Waals surface area contributed by atoms with E-state index in [0.29, 0.717) is 22.1 Å². The van der Waals surface area contributed by atoms with Crippen molar-refractivity contribution in [3.8, 4) is 17.1 Å². The van der Waals surface area contributed by atoms with Crippen molar-refractivity contribution in [2.45, 2.75) is 43.7 Å². The van der Waals surface area contributed by atoms with Gasteiger partial charge in [0.15, 0.2) is 5.82 Å². The van der Waals surface area contributed by atoms with Gasteiger partial charge in [-0.15, -0.1) is 10.2 Å². The number of nitrogens with two attached hydrogens (primary N) is 1. The topological polar surface area (TPSA) is 95.1 Å². The molecule has 30 heavy (non-hydrogen) atoms. The number of aromatic nitrogens is 3. The quantitative estimate of drug-likeness (QED) is 0.521. The normalized spacial score (nSPS) is 29.2. The highest BCUT2D eigenvalue weighted by Gasteiger charge is 2.50. The molecule has 3 N–H and O–H groups in total. The molecule has 7 nitrogen and oxygen atoms in total. The highest BCUT2D eigenvalue weighted by atomic mass is 32.2. The van der Waals surface area contributed by atoms with E-state index in [1.807, 2.05) is 24.3 Å². The summed E-state index contributed by atoms with van der Waals surface area (Å²) in [5, 5.41) is 12.1. The van der Waals surface area contributed by atoms with E-state index < -0.39 is 0 Å². The van der Waals surface area contributed by atoms with Crippen molar-refractivity contribution in [2.24, 2.45) is 23.2 Å². The second kappa shape index (κ2) is 7.80. The average Bonchev–Trinajstić information content (AvgIpc) is 3.10. The minimum atomic E-state index is 0.0461. The summed E-state index contributed by atoms with van der Waals surface area (Å²) in [6.07, 6.45) is 8.17. The Morgan fingerprint density at radius 2 is 1.80 bits per heavy atom.